The fourth-order valence-corrected chi connectivity index (χ4v) is 2.90. The van der Waals surface area contributed by atoms with E-state index < -0.39 is 0 Å². The summed E-state index contributed by atoms with van der Waals surface area (Å²) in [6, 6.07) is 13.2. The maximum atomic E-state index is 6.27. The van der Waals surface area contributed by atoms with E-state index in [9.17, 15) is 0 Å². The molecule has 0 fully saturated rings. The highest BCUT2D eigenvalue weighted by molar-refractivity contribution is 7.71. The molecule has 25 heavy (non-hydrogen) atoms. The number of aromatic nitrogens is 3. The Hall–Kier alpha value is -2.15. The van der Waals surface area contributed by atoms with Gasteiger partial charge in [-0.05, 0) is 48.1 Å². The summed E-state index contributed by atoms with van der Waals surface area (Å²) in [5, 5.41) is 12.4. The molecule has 0 atom stereocenters. The maximum absolute atomic E-state index is 6.27. The van der Waals surface area contributed by atoms with Gasteiger partial charge in [0.25, 0.3) is 0 Å². The molecule has 1 N–H and O–H groups in total. The number of hydrogen-bond acceptors (Lipinski definition) is 4. The van der Waals surface area contributed by atoms with Crippen molar-refractivity contribution >= 4 is 47.3 Å². The van der Waals surface area contributed by atoms with Gasteiger partial charge in [0.2, 0.25) is 4.77 Å². The molecule has 0 aliphatic rings. The van der Waals surface area contributed by atoms with E-state index in [2.05, 4.69) is 15.3 Å². The van der Waals surface area contributed by atoms with E-state index in [1.807, 2.05) is 43.3 Å². The van der Waals surface area contributed by atoms with Crippen LogP contribution in [-0.2, 0) is 0 Å². The summed E-state index contributed by atoms with van der Waals surface area (Å²) in [7, 11) is 3.99. The van der Waals surface area contributed by atoms with E-state index >= 15 is 0 Å². The molecule has 2 aromatic carbocycles. The van der Waals surface area contributed by atoms with E-state index in [1.54, 1.807) is 24.4 Å². The van der Waals surface area contributed by atoms with Crippen molar-refractivity contribution in [3.05, 3.63) is 62.8 Å². The van der Waals surface area contributed by atoms with Crippen molar-refractivity contribution in [2.24, 2.45) is 5.10 Å². The van der Waals surface area contributed by atoms with Gasteiger partial charge in [-0.25, -0.2) is 5.10 Å². The Morgan fingerprint density at radius 2 is 1.88 bits per heavy atom. The molecule has 128 valence electrons. The first-order valence-corrected chi connectivity index (χ1v) is 8.57. The zero-order valence-corrected chi connectivity index (χ0v) is 15.9. The van der Waals surface area contributed by atoms with Gasteiger partial charge in [-0.3, -0.25) is 0 Å². The van der Waals surface area contributed by atoms with Crippen LogP contribution in [0.3, 0.4) is 0 Å². The van der Waals surface area contributed by atoms with Crippen LogP contribution >= 0.6 is 35.4 Å². The summed E-state index contributed by atoms with van der Waals surface area (Å²) in [5.41, 5.74) is 2.76. The molecule has 0 saturated heterocycles. The molecule has 0 unspecified atom stereocenters. The number of nitrogens with one attached hydrogen (secondary N) is 1. The molecule has 8 heteroatoms. The minimum absolute atomic E-state index is 0.377. The lowest BCUT2D eigenvalue weighted by atomic mass is 10.2. The van der Waals surface area contributed by atoms with Gasteiger partial charge in [0.1, 0.15) is 0 Å². The van der Waals surface area contributed by atoms with Crippen LogP contribution in [0.5, 0.6) is 0 Å². The third-order valence-corrected chi connectivity index (χ3v) is 4.37. The van der Waals surface area contributed by atoms with E-state index in [4.69, 9.17) is 35.4 Å². The van der Waals surface area contributed by atoms with Gasteiger partial charge in [0.15, 0.2) is 5.82 Å². The minimum Gasteiger partial charge on any atom is -0.378 e. The molecule has 5 nitrogen and oxygen atoms in total. The summed E-state index contributed by atoms with van der Waals surface area (Å²) in [4.78, 5) is 2.04. The van der Waals surface area contributed by atoms with Gasteiger partial charge < -0.3 is 4.90 Å². The zero-order chi connectivity index (χ0) is 18.0. The molecule has 3 rings (SSSR count). The predicted octanol–water partition coefficient (Wildman–Crippen LogP) is 4.86. The molecule has 1 heterocycles. The van der Waals surface area contributed by atoms with E-state index in [0.717, 1.165) is 11.3 Å². The highest BCUT2D eigenvalue weighted by Crippen LogP contribution is 2.29. The normalized spacial score (nSPS) is 11.2. The molecule has 3 aromatic rings. The van der Waals surface area contributed by atoms with Crippen LogP contribution in [0.2, 0.25) is 10.0 Å². The first kappa shape index (κ1) is 17.7. The summed E-state index contributed by atoms with van der Waals surface area (Å²) < 4.78 is 1.91. The topological polar surface area (TPSA) is 49.2 Å². The SMILES string of the molecule is CN(C)c1ccc(/C=N\n2c(-c3ccc(Cl)cc3Cl)n[nH]c2=S)cc1. The van der Waals surface area contributed by atoms with Crippen molar-refractivity contribution in [1.29, 1.82) is 0 Å². The summed E-state index contributed by atoms with van der Waals surface area (Å²) >= 11 is 17.5. The van der Waals surface area contributed by atoms with E-state index in [0.29, 0.717) is 26.2 Å². The van der Waals surface area contributed by atoms with Gasteiger partial charge >= 0.3 is 0 Å². The number of H-pyrrole nitrogens is 1. The minimum atomic E-state index is 0.377. The fraction of sp³-hybridized carbons (Fsp3) is 0.118. The Bertz CT molecular complexity index is 973. The summed E-state index contributed by atoms with van der Waals surface area (Å²) in [5.74, 6) is 0.521. The number of benzene rings is 2. The molecule has 0 aliphatic heterocycles. The molecular formula is C17H15Cl2N5S. The number of nitrogens with zero attached hydrogens (tertiary/aromatic N) is 4. The Labute approximate surface area is 160 Å². The molecule has 0 amide bonds. The quantitative estimate of drug-likeness (QED) is 0.510. The molecule has 0 saturated carbocycles. The van der Waals surface area contributed by atoms with Crippen LogP contribution in [0.25, 0.3) is 11.4 Å². The third kappa shape index (κ3) is 3.92. The lowest BCUT2D eigenvalue weighted by molar-refractivity contribution is 0.871. The maximum Gasteiger partial charge on any atom is 0.216 e. The standard InChI is InChI=1S/C17H15Cl2N5S/c1-23(2)13-6-3-11(4-7-13)10-20-24-16(21-22-17(24)25)14-8-5-12(18)9-15(14)19/h3-10H,1-2H3,(H,22,25)/b20-10-. The fourth-order valence-electron chi connectivity index (χ4n) is 2.23. The number of halogens is 2. The summed E-state index contributed by atoms with van der Waals surface area (Å²) in [6.07, 6.45) is 1.72. The molecule has 0 radical (unpaired) electrons. The lowest BCUT2D eigenvalue weighted by Crippen LogP contribution is -2.08. The molecule has 0 aliphatic carbocycles. The van der Waals surface area contributed by atoms with Crippen molar-refractivity contribution in [1.82, 2.24) is 14.9 Å². The van der Waals surface area contributed by atoms with Crippen LogP contribution in [0.1, 0.15) is 5.56 Å². The molecular weight excluding hydrogens is 377 g/mol. The van der Waals surface area contributed by atoms with E-state index in [-0.39, 0.29) is 0 Å². The first-order chi connectivity index (χ1) is 12.0. The smallest absolute Gasteiger partial charge is 0.216 e. The van der Waals surface area contributed by atoms with Gasteiger partial charge in [0.05, 0.1) is 11.2 Å². The van der Waals surface area contributed by atoms with Crippen molar-refractivity contribution in [3.63, 3.8) is 0 Å². The van der Waals surface area contributed by atoms with Crippen molar-refractivity contribution in [3.8, 4) is 11.4 Å². The number of rotatable bonds is 4. The Kier molecular flexibility index (Phi) is 5.22. The largest absolute Gasteiger partial charge is 0.378 e. The second-order valence-corrected chi connectivity index (χ2v) is 6.75. The van der Waals surface area contributed by atoms with Crippen LogP contribution in [0.15, 0.2) is 47.6 Å². The van der Waals surface area contributed by atoms with Crippen molar-refractivity contribution in [2.75, 3.05) is 19.0 Å². The van der Waals surface area contributed by atoms with Gasteiger partial charge in [-0.15, -0.1) is 0 Å². The van der Waals surface area contributed by atoms with Crippen molar-refractivity contribution in [2.45, 2.75) is 0 Å². The Morgan fingerprint density at radius 3 is 2.52 bits per heavy atom. The second kappa shape index (κ2) is 7.39. The highest BCUT2D eigenvalue weighted by atomic mass is 35.5. The molecule has 0 spiro atoms. The third-order valence-electron chi connectivity index (χ3n) is 3.55. The molecule has 0 bridgehead atoms. The van der Waals surface area contributed by atoms with Crippen LogP contribution in [0.4, 0.5) is 5.69 Å². The first-order valence-electron chi connectivity index (χ1n) is 7.40. The number of aromatic amines is 1. The predicted molar refractivity (Wildman–Crippen MR) is 107 cm³/mol. The lowest BCUT2D eigenvalue weighted by Gasteiger charge is -2.11. The average molecular weight is 392 g/mol. The number of anilines is 1. The summed E-state index contributed by atoms with van der Waals surface area (Å²) in [6.45, 7) is 0. The van der Waals surface area contributed by atoms with Gasteiger partial charge in [-0.1, -0.05) is 35.3 Å². The molecule has 1 aromatic heterocycles. The van der Waals surface area contributed by atoms with Gasteiger partial charge in [0, 0.05) is 30.4 Å². The van der Waals surface area contributed by atoms with Gasteiger partial charge in [-0.2, -0.15) is 14.9 Å². The monoisotopic (exact) mass is 391 g/mol. The number of hydrogen-bond donors (Lipinski definition) is 1. The van der Waals surface area contributed by atoms with Crippen LogP contribution in [-0.4, -0.2) is 35.2 Å². The van der Waals surface area contributed by atoms with E-state index in [1.165, 1.54) is 4.68 Å². The second-order valence-electron chi connectivity index (χ2n) is 5.52. The average Bonchev–Trinajstić information content (AvgIpc) is 2.94. The Morgan fingerprint density at radius 1 is 1.16 bits per heavy atom. The van der Waals surface area contributed by atoms with Crippen molar-refractivity contribution < 1.29 is 0 Å². The Balaban J connectivity index is 1.95. The zero-order valence-electron chi connectivity index (χ0n) is 13.6. The highest BCUT2D eigenvalue weighted by Gasteiger charge is 2.12. The van der Waals surface area contributed by atoms with Crippen LogP contribution in [0, 0.1) is 4.77 Å². The van der Waals surface area contributed by atoms with Crippen LogP contribution < -0.4 is 4.90 Å².